The van der Waals surface area contributed by atoms with Gasteiger partial charge in [-0.2, -0.15) is 0 Å². The van der Waals surface area contributed by atoms with Crippen LogP contribution in [0.5, 0.6) is 0 Å². The van der Waals surface area contributed by atoms with Crippen molar-refractivity contribution in [3.63, 3.8) is 0 Å². The molecule has 38 heavy (non-hydrogen) atoms. The van der Waals surface area contributed by atoms with E-state index < -0.39 is 0 Å². The summed E-state index contributed by atoms with van der Waals surface area (Å²) in [6.45, 7) is 7.11. The van der Waals surface area contributed by atoms with E-state index in [1.165, 1.54) is 180 Å². The summed E-state index contributed by atoms with van der Waals surface area (Å²) in [6.07, 6.45) is 39.5. The highest BCUT2D eigenvalue weighted by molar-refractivity contribution is 9.09. The first-order valence-corrected chi connectivity index (χ1v) is 18.7. The van der Waals surface area contributed by atoms with Gasteiger partial charge < -0.3 is 9.47 Å². The molecule has 0 aromatic heterocycles. The lowest BCUT2D eigenvalue weighted by atomic mass is 10.0. The van der Waals surface area contributed by atoms with Crippen molar-refractivity contribution in [3.8, 4) is 0 Å². The second-order valence-electron chi connectivity index (χ2n) is 11.9. The van der Waals surface area contributed by atoms with Crippen LogP contribution in [0, 0.1) is 0 Å². The maximum atomic E-state index is 6.05. The van der Waals surface area contributed by atoms with Crippen molar-refractivity contribution < 1.29 is 9.47 Å². The molecule has 0 aliphatic heterocycles. The van der Waals surface area contributed by atoms with E-state index in [2.05, 4.69) is 29.8 Å². The van der Waals surface area contributed by atoms with Gasteiger partial charge in [-0.25, -0.2) is 0 Å². The van der Waals surface area contributed by atoms with Crippen molar-refractivity contribution in [3.05, 3.63) is 0 Å². The van der Waals surface area contributed by atoms with Gasteiger partial charge in [-0.05, 0) is 12.8 Å². The lowest BCUT2D eigenvalue weighted by Gasteiger charge is -2.15. The molecule has 0 fully saturated rings. The van der Waals surface area contributed by atoms with Gasteiger partial charge in [-0.1, -0.05) is 197 Å². The molecule has 0 bridgehead atoms. The smallest absolute Gasteiger partial charge is 0.0904 e. The maximum Gasteiger partial charge on any atom is 0.0904 e. The highest BCUT2D eigenvalue weighted by Crippen LogP contribution is 2.14. The van der Waals surface area contributed by atoms with Gasteiger partial charge in [0.1, 0.15) is 0 Å². The van der Waals surface area contributed by atoms with E-state index in [9.17, 15) is 0 Å². The summed E-state index contributed by atoms with van der Waals surface area (Å²) in [6, 6.07) is 0. The molecule has 0 heterocycles. The highest BCUT2D eigenvalue weighted by atomic mass is 79.9. The molecule has 0 saturated carbocycles. The summed E-state index contributed by atoms with van der Waals surface area (Å²) < 4.78 is 12.0. The molecule has 230 valence electrons. The Labute approximate surface area is 249 Å². The van der Waals surface area contributed by atoms with E-state index in [1.54, 1.807) is 0 Å². The zero-order chi connectivity index (χ0) is 27.6. The third-order valence-electron chi connectivity index (χ3n) is 7.97. The van der Waals surface area contributed by atoms with Gasteiger partial charge in [0, 0.05) is 18.5 Å². The fraction of sp³-hybridized carbons (Fsp3) is 1.00. The molecule has 0 aromatic rings. The van der Waals surface area contributed by atoms with E-state index in [4.69, 9.17) is 9.47 Å². The third kappa shape index (κ3) is 32.6. The number of halogens is 1. The molecule has 0 rings (SSSR count). The van der Waals surface area contributed by atoms with Gasteiger partial charge in [0.15, 0.2) is 0 Å². The summed E-state index contributed by atoms with van der Waals surface area (Å²) in [4.78, 5) is 0. The molecule has 1 atom stereocenters. The quantitative estimate of drug-likeness (QED) is 0.0538. The van der Waals surface area contributed by atoms with Crippen LogP contribution in [0.1, 0.15) is 194 Å². The largest absolute Gasteiger partial charge is 0.379 e. The fourth-order valence-corrected chi connectivity index (χ4v) is 5.67. The zero-order valence-corrected chi connectivity index (χ0v) is 28.0. The van der Waals surface area contributed by atoms with Gasteiger partial charge in [-0.3, -0.25) is 0 Å². The highest BCUT2D eigenvalue weighted by Gasteiger charge is 2.07. The van der Waals surface area contributed by atoms with Crippen LogP contribution >= 0.6 is 15.9 Å². The van der Waals surface area contributed by atoms with E-state index in [-0.39, 0.29) is 6.10 Å². The number of ether oxygens (including phenoxy) is 2. The van der Waals surface area contributed by atoms with Gasteiger partial charge in [0.25, 0.3) is 0 Å². The standard InChI is InChI=1S/C35H71BrO2/c1-3-5-7-9-11-13-15-17-19-21-23-25-27-29-31-37-34-35(33-36)38-32-30-28-26-24-22-20-18-16-14-12-10-8-6-4-2/h35H,3-34H2,1-2H3. The van der Waals surface area contributed by atoms with Crippen molar-refractivity contribution in [1.82, 2.24) is 0 Å². The molecule has 0 amide bonds. The Morgan fingerprint density at radius 3 is 1.00 bits per heavy atom. The average molecular weight is 604 g/mol. The number of unbranched alkanes of at least 4 members (excludes halogenated alkanes) is 26. The van der Waals surface area contributed by atoms with Crippen LogP contribution in [0.15, 0.2) is 0 Å². The molecule has 0 aromatic carbocycles. The van der Waals surface area contributed by atoms with Crippen molar-refractivity contribution in [2.24, 2.45) is 0 Å². The van der Waals surface area contributed by atoms with E-state index in [1.807, 2.05) is 0 Å². The fourth-order valence-electron chi connectivity index (χ4n) is 5.30. The minimum atomic E-state index is 0.212. The predicted molar refractivity (Wildman–Crippen MR) is 175 cm³/mol. The molecule has 0 radical (unpaired) electrons. The molecule has 2 nitrogen and oxygen atoms in total. The van der Waals surface area contributed by atoms with Crippen molar-refractivity contribution in [2.45, 2.75) is 200 Å². The number of hydrogen-bond donors (Lipinski definition) is 0. The lowest BCUT2D eigenvalue weighted by molar-refractivity contribution is -0.00563. The van der Waals surface area contributed by atoms with Crippen molar-refractivity contribution in [1.29, 1.82) is 0 Å². The van der Waals surface area contributed by atoms with E-state index >= 15 is 0 Å². The third-order valence-corrected chi connectivity index (χ3v) is 8.69. The summed E-state index contributed by atoms with van der Waals surface area (Å²) in [7, 11) is 0. The predicted octanol–water partition coefficient (Wildman–Crippen LogP) is 12.7. The monoisotopic (exact) mass is 602 g/mol. The summed E-state index contributed by atoms with van der Waals surface area (Å²) in [5.74, 6) is 0. The molecular weight excluding hydrogens is 532 g/mol. The number of hydrogen-bond acceptors (Lipinski definition) is 2. The minimum Gasteiger partial charge on any atom is -0.379 e. The van der Waals surface area contributed by atoms with Crippen LogP contribution < -0.4 is 0 Å². The van der Waals surface area contributed by atoms with Crippen LogP contribution in [0.4, 0.5) is 0 Å². The molecule has 1 unspecified atom stereocenters. The Balaban J connectivity index is 3.25. The van der Waals surface area contributed by atoms with Crippen LogP contribution in [0.3, 0.4) is 0 Å². The van der Waals surface area contributed by atoms with Crippen LogP contribution in [-0.2, 0) is 9.47 Å². The molecule has 0 aliphatic rings. The topological polar surface area (TPSA) is 18.5 Å². The SMILES string of the molecule is CCCCCCCCCCCCCCCCOCC(CBr)OCCCCCCCCCCCCCCCC. The minimum absolute atomic E-state index is 0.212. The Morgan fingerprint density at radius 1 is 0.395 bits per heavy atom. The van der Waals surface area contributed by atoms with Gasteiger partial charge in [0.05, 0.1) is 12.7 Å². The number of rotatable bonds is 34. The second kappa shape index (κ2) is 35.4. The summed E-state index contributed by atoms with van der Waals surface area (Å²) in [5, 5.41) is 0.879. The lowest BCUT2D eigenvalue weighted by Crippen LogP contribution is -2.22. The molecular formula is C35H71BrO2. The van der Waals surface area contributed by atoms with Gasteiger partial charge >= 0.3 is 0 Å². The van der Waals surface area contributed by atoms with Crippen molar-refractivity contribution in [2.75, 3.05) is 25.2 Å². The first-order valence-electron chi connectivity index (χ1n) is 17.6. The molecule has 0 N–H and O–H groups in total. The molecule has 0 aliphatic carbocycles. The van der Waals surface area contributed by atoms with E-state index in [0.717, 1.165) is 25.2 Å². The molecule has 3 heteroatoms. The van der Waals surface area contributed by atoms with Crippen molar-refractivity contribution >= 4 is 15.9 Å². The Bertz CT molecular complexity index is 403. The number of alkyl halides is 1. The zero-order valence-electron chi connectivity index (χ0n) is 26.4. The van der Waals surface area contributed by atoms with Gasteiger partial charge in [0.2, 0.25) is 0 Å². The first kappa shape index (κ1) is 38.4. The van der Waals surface area contributed by atoms with E-state index in [0.29, 0.717) is 0 Å². The Kier molecular flexibility index (Phi) is 35.8. The molecule has 0 saturated heterocycles. The maximum absolute atomic E-state index is 6.05. The van der Waals surface area contributed by atoms with Crippen LogP contribution in [0.2, 0.25) is 0 Å². The Morgan fingerprint density at radius 2 is 0.684 bits per heavy atom. The van der Waals surface area contributed by atoms with Crippen LogP contribution in [-0.4, -0.2) is 31.3 Å². The first-order chi connectivity index (χ1) is 18.8. The summed E-state index contributed by atoms with van der Waals surface area (Å²) in [5.41, 5.74) is 0. The van der Waals surface area contributed by atoms with Gasteiger partial charge in [-0.15, -0.1) is 0 Å². The second-order valence-corrected chi connectivity index (χ2v) is 12.6. The normalized spacial score (nSPS) is 12.4. The molecule has 0 spiro atoms. The summed E-state index contributed by atoms with van der Waals surface area (Å²) >= 11 is 3.60. The van der Waals surface area contributed by atoms with Crippen LogP contribution in [0.25, 0.3) is 0 Å². The average Bonchev–Trinajstić information content (AvgIpc) is 2.93. The Hall–Kier alpha value is 0.400.